The first-order valence-corrected chi connectivity index (χ1v) is 9.06. The number of anilines is 2. The number of hydrogen-bond donors (Lipinski definition) is 2. The van der Waals surface area contributed by atoms with Gasteiger partial charge in [-0.15, -0.1) is 0 Å². The zero-order valence-corrected chi connectivity index (χ0v) is 14.1. The summed E-state index contributed by atoms with van der Waals surface area (Å²) in [6, 6.07) is 0. The van der Waals surface area contributed by atoms with Crippen LogP contribution >= 0.6 is 0 Å². The van der Waals surface area contributed by atoms with Crippen molar-refractivity contribution in [3.63, 3.8) is 0 Å². The van der Waals surface area contributed by atoms with Gasteiger partial charge in [0.1, 0.15) is 5.82 Å². The first-order chi connectivity index (χ1) is 11.7. The van der Waals surface area contributed by atoms with Gasteiger partial charge in [-0.25, -0.2) is 4.98 Å². The molecule has 1 aliphatic carbocycles. The zero-order chi connectivity index (χ0) is 16.5. The highest BCUT2D eigenvalue weighted by Gasteiger charge is 2.24. The molecule has 0 bridgehead atoms. The van der Waals surface area contributed by atoms with E-state index in [0.29, 0.717) is 17.3 Å². The average molecular weight is 330 g/mol. The van der Waals surface area contributed by atoms with Crippen molar-refractivity contribution >= 4 is 22.9 Å². The molecule has 2 aromatic heterocycles. The maximum absolute atomic E-state index is 6.05. The third kappa shape index (κ3) is 3.05. The molecule has 1 aliphatic heterocycles. The molecule has 3 heterocycles. The van der Waals surface area contributed by atoms with Crippen molar-refractivity contribution in [3.05, 3.63) is 5.82 Å². The predicted molar refractivity (Wildman–Crippen MR) is 93.4 cm³/mol. The fourth-order valence-electron chi connectivity index (χ4n) is 4.09. The number of nitrogen functional groups attached to an aromatic ring is 2. The lowest BCUT2D eigenvalue weighted by atomic mass is 9.99. The average Bonchev–Trinajstić information content (AvgIpc) is 3.19. The van der Waals surface area contributed by atoms with Crippen LogP contribution in [-0.2, 0) is 17.7 Å². The summed E-state index contributed by atoms with van der Waals surface area (Å²) in [7, 11) is 0. The zero-order valence-electron chi connectivity index (χ0n) is 14.1. The van der Waals surface area contributed by atoms with Gasteiger partial charge in [0.15, 0.2) is 17.0 Å². The highest BCUT2D eigenvalue weighted by molar-refractivity contribution is 5.83. The van der Waals surface area contributed by atoms with Crippen LogP contribution in [0.25, 0.3) is 11.2 Å². The quantitative estimate of drug-likeness (QED) is 0.890. The molecule has 2 fully saturated rings. The van der Waals surface area contributed by atoms with Gasteiger partial charge < -0.3 is 20.8 Å². The fraction of sp³-hybridized carbons (Fsp3) is 0.706. The molecule has 1 saturated heterocycles. The van der Waals surface area contributed by atoms with E-state index in [2.05, 4.69) is 14.5 Å². The minimum atomic E-state index is 0.223. The highest BCUT2D eigenvalue weighted by Crippen LogP contribution is 2.30. The van der Waals surface area contributed by atoms with Crippen molar-refractivity contribution in [1.29, 1.82) is 0 Å². The van der Waals surface area contributed by atoms with Crippen LogP contribution in [0, 0.1) is 11.8 Å². The Hall–Kier alpha value is -1.89. The summed E-state index contributed by atoms with van der Waals surface area (Å²) in [5, 5.41) is 0. The minimum absolute atomic E-state index is 0.223. The Balaban J connectivity index is 1.71. The number of nitrogens with zero attached hydrogens (tertiary/aromatic N) is 4. The van der Waals surface area contributed by atoms with Crippen LogP contribution in [0.1, 0.15) is 44.3 Å². The Morgan fingerprint density at radius 1 is 0.958 bits per heavy atom. The topological polar surface area (TPSA) is 105 Å². The van der Waals surface area contributed by atoms with Crippen LogP contribution in [-0.4, -0.2) is 32.7 Å². The van der Waals surface area contributed by atoms with Crippen LogP contribution in [0.2, 0.25) is 0 Å². The van der Waals surface area contributed by atoms with Gasteiger partial charge in [-0.05, 0) is 24.7 Å². The van der Waals surface area contributed by atoms with Gasteiger partial charge in [0.25, 0.3) is 0 Å². The van der Waals surface area contributed by atoms with Crippen LogP contribution in [0.3, 0.4) is 0 Å². The fourth-order valence-corrected chi connectivity index (χ4v) is 4.09. The smallest absolute Gasteiger partial charge is 0.224 e. The second-order valence-corrected chi connectivity index (χ2v) is 7.19. The van der Waals surface area contributed by atoms with Crippen molar-refractivity contribution in [2.75, 3.05) is 24.7 Å². The molecule has 0 aromatic carbocycles. The molecule has 4 N–H and O–H groups in total. The molecule has 130 valence electrons. The maximum atomic E-state index is 6.05. The van der Waals surface area contributed by atoms with E-state index in [-0.39, 0.29) is 5.95 Å². The molecule has 7 nitrogen and oxygen atoms in total. The van der Waals surface area contributed by atoms with Crippen LogP contribution in [0.15, 0.2) is 0 Å². The molecule has 0 unspecified atom stereocenters. The Bertz CT molecular complexity index is 715. The van der Waals surface area contributed by atoms with Gasteiger partial charge in [-0.2, -0.15) is 9.97 Å². The third-order valence-electron chi connectivity index (χ3n) is 5.45. The van der Waals surface area contributed by atoms with E-state index in [1.165, 1.54) is 25.7 Å². The standard InChI is InChI=1S/C17H26N6O/c18-15-14-16(22-17(19)21-15)23(10-12-5-7-24-8-6-12)13(20-14)9-11-3-1-2-4-11/h11-12H,1-10H2,(H4,18,19,21,22). The molecule has 4 rings (SSSR count). The lowest BCUT2D eigenvalue weighted by Crippen LogP contribution is -2.22. The van der Waals surface area contributed by atoms with Gasteiger partial charge in [-0.3, -0.25) is 0 Å². The third-order valence-corrected chi connectivity index (χ3v) is 5.45. The Kier molecular flexibility index (Phi) is 4.26. The molecule has 7 heteroatoms. The monoisotopic (exact) mass is 330 g/mol. The summed E-state index contributed by atoms with van der Waals surface area (Å²) >= 11 is 0. The minimum Gasteiger partial charge on any atom is -0.382 e. The molecule has 0 amide bonds. The van der Waals surface area contributed by atoms with E-state index in [9.17, 15) is 0 Å². The van der Waals surface area contributed by atoms with E-state index in [1.807, 2.05) is 0 Å². The Labute approximate surface area is 141 Å². The molecule has 2 aliphatic rings. The summed E-state index contributed by atoms with van der Waals surface area (Å²) in [5.74, 6) is 3.02. The summed E-state index contributed by atoms with van der Waals surface area (Å²) in [6.07, 6.45) is 8.42. The summed E-state index contributed by atoms with van der Waals surface area (Å²) in [4.78, 5) is 13.3. The summed E-state index contributed by atoms with van der Waals surface area (Å²) in [5.41, 5.74) is 13.4. The number of ether oxygens (including phenoxy) is 1. The van der Waals surface area contributed by atoms with Crippen molar-refractivity contribution in [1.82, 2.24) is 19.5 Å². The number of rotatable bonds is 4. The number of aromatic nitrogens is 4. The van der Waals surface area contributed by atoms with Crippen molar-refractivity contribution < 1.29 is 4.74 Å². The summed E-state index contributed by atoms with van der Waals surface area (Å²) in [6.45, 7) is 2.60. The molecule has 0 radical (unpaired) electrons. The summed E-state index contributed by atoms with van der Waals surface area (Å²) < 4.78 is 7.74. The van der Waals surface area contributed by atoms with Gasteiger partial charge in [0.2, 0.25) is 5.95 Å². The number of hydrogen-bond acceptors (Lipinski definition) is 6. The number of imidazole rings is 1. The molecule has 24 heavy (non-hydrogen) atoms. The second-order valence-electron chi connectivity index (χ2n) is 7.19. The predicted octanol–water partition coefficient (Wildman–Crippen LogP) is 2.15. The van der Waals surface area contributed by atoms with E-state index in [0.717, 1.165) is 56.4 Å². The highest BCUT2D eigenvalue weighted by atomic mass is 16.5. The largest absolute Gasteiger partial charge is 0.382 e. The molecule has 2 aromatic rings. The van der Waals surface area contributed by atoms with Gasteiger partial charge in [-0.1, -0.05) is 25.7 Å². The van der Waals surface area contributed by atoms with E-state index < -0.39 is 0 Å². The van der Waals surface area contributed by atoms with Gasteiger partial charge in [0.05, 0.1) is 0 Å². The first-order valence-electron chi connectivity index (χ1n) is 9.06. The first kappa shape index (κ1) is 15.6. The van der Waals surface area contributed by atoms with Crippen LogP contribution in [0.5, 0.6) is 0 Å². The van der Waals surface area contributed by atoms with Crippen LogP contribution in [0.4, 0.5) is 11.8 Å². The maximum Gasteiger partial charge on any atom is 0.224 e. The molecule has 0 spiro atoms. The molecule has 1 saturated carbocycles. The number of nitrogens with two attached hydrogens (primary N) is 2. The van der Waals surface area contributed by atoms with Gasteiger partial charge >= 0.3 is 0 Å². The van der Waals surface area contributed by atoms with E-state index in [4.69, 9.17) is 21.2 Å². The SMILES string of the molecule is Nc1nc(N)c2nc(CC3CCCC3)n(CC3CCOCC3)c2n1. The molecule has 0 atom stereocenters. The van der Waals surface area contributed by atoms with Crippen molar-refractivity contribution in [2.24, 2.45) is 11.8 Å². The van der Waals surface area contributed by atoms with E-state index in [1.54, 1.807) is 0 Å². The van der Waals surface area contributed by atoms with E-state index >= 15 is 0 Å². The van der Waals surface area contributed by atoms with Gasteiger partial charge in [0, 0.05) is 26.2 Å². The second kappa shape index (κ2) is 6.55. The van der Waals surface area contributed by atoms with Crippen molar-refractivity contribution in [2.45, 2.75) is 51.5 Å². The molecular formula is C17H26N6O. The van der Waals surface area contributed by atoms with Crippen molar-refractivity contribution in [3.8, 4) is 0 Å². The Morgan fingerprint density at radius 2 is 1.71 bits per heavy atom. The molecular weight excluding hydrogens is 304 g/mol. The lowest BCUT2D eigenvalue weighted by molar-refractivity contribution is 0.0612. The Morgan fingerprint density at radius 3 is 2.46 bits per heavy atom. The number of fused-ring (bicyclic) bond motifs is 1. The lowest BCUT2D eigenvalue weighted by Gasteiger charge is -2.23. The van der Waals surface area contributed by atoms with Crippen LogP contribution < -0.4 is 11.5 Å². The normalized spacial score (nSPS) is 20.2.